The van der Waals surface area contributed by atoms with Gasteiger partial charge in [-0.2, -0.15) is 0 Å². The number of benzene rings is 2. The van der Waals surface area contributed by atoms with E-state index in [2.05, 4.69) is 0 Å². The van der Waals surface area contributed by atoms with Gasteiger partial charge in [0.25, 0.3) is 0 Å². The van der Waals surface area contributed by atoms with Crippen LogP contribution in [0.25, 0.3) is 0 Å². The van der Waals surface area contributed by atoms with E-state index in [1.807, 2.05) is 36.4 Å². The molecular formula is C16H16N2O2. The quantitative estimate of drug-likeness (QED) is 0.851. The predicted molar refractivity (Wildman–Crippen MR) is 78.9 cm³/mol. The lowest BCUT2D eigenvalue weighted by atomic mass is 10.00. The van der Waals surface area contributed by atoms with Gasteiger partial charge < -0.3 is 15.4 Å². The molecule has 1 atom stereocenters. The number of hydrogen-bond acceptors (Lipinski definition) is 3. The first-order valence-electron chi connectivity index (χ1n) is 6.51. The molecule has 0 bridgehead atoms. The van der Waals surface area contributed by atoms with Crippen molar-refractivity contribution in [3.05, 3.63) is 54.1 Å². The van der Waals surface area contributed by atoms with Crippen molar-refractivity contribution in [3.8, 4) is 5.75 Å². The van der Waals surface area contributed by atoms with Crippen LogP contribution in [0.15, 0.2) is 48.5 Å². The monoisotopic (exact) mass is 268 g/mol. The maximum atomic E-state index is 12.6. The van der Waals surface area contributed by atoms with Crippen LogP contribution < -0.4 is 15.4 Å². The Morgan fingerprint density at radius 1 is 1.20 bits per heavy atom. The molecule has 4 nitrogen and oxygen atoms in total. The summed E-state index contributed by atoms with van der Waals surface area (Å²) in [6.45, 7) is 0.400. The molecule has 1 unspecified atom stereocenters. The van der Waals surface area contributed by atoms with Crippen molar-refractivity contribution < 1.29 is 9.53 Å². The zero-order chi connectivity index (χ0) is 14.1. The Morgan fingerprint density at radius 3 is 2.65 bits per heavy atom. The van der Waals surface area contributed by atoms with Gasteiger partial charge in [0.15, 0.2) is 0 Å². The van der Waals surface area contributed by atoms with Crippen LogP contribution in [0.3, 0.4) is 0 Å². The first-order valence-corrected chi connectivity index (χ1v) is 6.51. The minimum absolute atomic E-state index is 0.0275. The number of fused-ring (bicyclic) bond motifs is 1. The molecule has 0 radical (unpaired) electrons. The average Bonchev–Trinajstić information content (AvgIpc) is 2.90. The van der Waals surface area contributed by atoms with Crippen LogP contribution in [0, 0.1) is 0 Å². The van der Waals surface area contributed by atoms with E-state index in [9.17, 15) is 4.79 Å². The van der Waals surface area contributed by atoms with Crippen LogP contribution >= 0.6 is 0 Å². The SMILES string of the molecule is CN(C(=O)C1COc2ccccc21)c1ccc(N)cc1. The number of anilines is 2. The number of nitrogens with zero attached hydrogens (tertiary/aromatic N) is 1. The second kappa shape index (κ2) is 4.89. The van der Waals surface area contributed by atoms with E-state index in [1.54, 1.807) is 24.1 Å². The summed E-state index contributed by atoms with van der Waals surface area (Å²) in [6.07, 6.45) is 0. The standard InChI is InChI=1S/C16H16N2O2/c1-18(12-8-6-11(17)7-9-12)16(19)14-10-20-15-5-3-2-4-13(14)15/h2-9,14H,10,17H2,1H3. The lowest BCUT2D eigenvalue weighted by Crippen LogP contribution is -2.32. The zero-order valence-corrected chi connectivity index (χ0v) is 11.2. The van der Waals surface area contributed by atoms with Crippen LogP contribution in [-0.2, 0) is 4.79 Å². The third-order valence-electron chi connectivity index (χ3n) is 3.61. The highest BCUT2D eigenvalue weighted by molar-refractivity contribution is 5.98. The molecule has 0 aromatic heterocycles. The van der Waals surface area contributed by atoms with E-state index in [0.29, 0.717) is 12.3 Å². The summed E-state index contributed by atoms with van der Waals surface area (Å²) < 4.78 is 5.57. The van der Waals surface area contributed by atoms with Gasteiger partial charge in [-0.3, -0.25) is 4.79 Å². The van der Waals surface area contributed by atoms with Crippen LogP contribution in [0.4, 0.5) is 11.4 Å². The smallest absolute Gasteiger partial charge is 0.237 e. The van der Waals surface area contributed by atoms with Crippen molar-refractivity contribution in [2.75, 3.05) is 24.3 Å². The van der Waals surface area contributed by atoms with Crippen LogP contribution in [0.1, 0.15) is 11.5 Å². The van der Waals surface area contributed by atoms with Crippen molar-refractivity contribution in [1.29, 1.82) is 0 Å². The van der Waals surface area contributed by atoms with Crippen molar-refractivity contribution in [2.45, 2.75) is 5.92 Å². The molecule has 20 heavy (non-hydrogen) atoms. The molecule has 1 heterocycles. The topological polar surface area (TPSA) is 55.6 Å². The number of nitrogens with two attached hydrogens (primary N) is 1. The van der Waals surface area contributed by atoms with Crippen LogP contribution in [-0.4, -0.2) is 19.6 Å². The molecule has 2 aromatic carbocycles. The fraction of sp³-hybridized carbons (Fsp3) is 0.188. The van der Waals surface area contributed by atoms with Crippen molar-refractivity contribution in [2.24, 2.45) is 0 Å². The van der Waals surface area contributed by atoms with Crippen molar-refractivity contribution in [1.82, 2.24) is 0 Å². The number of carbonyl (C=O) groups excluding carboxylic acids is 1. The fourth-order valence-corrected chi connectivity index (χ4v) is 2.43. The summed E-state index contributed by atoms with van der Waals surface area (Å²) in [5.74, 6) is 0.588. The van der Waals surface area contributed by atoms with Gasteiger partial charge in [0.05, 0.1) is 0 Å². The predicted octanol–water partition coefficient (Wildman–Crippen LogP) is 2.41. The van der Waals surface area contributed by atoms with E-state index in [-0.39, 0.29) is 11.8 Å². The number of amides is 1. The molecule has 4 heteroatoms. The summed E-state index contributed by atoms with van der Waals surface area (Å²) in [7, 11) is 1.77. The zero-order valence-electron chi connectivity index (χ0n) is 11.2. The molecule has 0 spiro atoms. The average molecular weight is 268 g/mol. The van der Waals surface area contributed by atoms with Gasteiger partial charge in [0.1, 0.15) is 18.3 Å². The number of para-hydroxylation sites is 1. The molecule has 0 aliphatic carbocycles. The highest BCUT2D eigenvalue weighted by Crippen LogP contribution is 2.35. The summed E-state index contributed by atoms with van der Waals surface area (Å²) in [6, 6.07) is 14.9. The van der Waals surface area contributed by atoms with Gasteiger partial charge in [-0.15, -0.1) is 0 Å². The molecule has 102 valence electrons. The third kappa shape index (κ3) is 2.09. The summed E-state index contributed by atoms with van der Waals surface area (Å²) >= 11 is 0. The Morgan fingerprint density at radius 2 is 1.90 bits per heavy atom. The molecule has 2 aromatic rings. The Hall–Kier alpha value is -2.49. The molecule has 0 saturated heterocycles. The van der Waals surface area contributed by atoms with E-state index < -0.39 is 0 Å². The lowest BCUT2D eigenvalue weighted by molar-refractivity contribution is -0.119. The molecule has 0 fully saturated rings. The van der Waals surface area contributed by atoms with Gasteiger partial charge in [0, 0.05) is 24.0 Å². The first kappa shape index (κ1) is 12.5. The number of ether oxygens (including phenoxy) is 1. The number of likely N-dealkylation sites (N-methyl/N-ethyl adjacent to an activating group) is 1. The van der Waals surface area contributed by atoms with Crippen LogP contribution in [0.2, 0.25) is 0 Å². The van der Waals surface area contributed by atoms with Gasteiger partial charge in [-0.05, 0) is 30.3 Å². The van der Waals surface area contributed by atoms with Gasteiger partial charge >= 0.3 is 0 Å². The molecule has 0 saturated carbocycles. The van der Waals surface area contributed by atoms with E-state index >= 15 is 0 Å². The Balaban J connectivity index is 1.85. The number of carbonyl (C=O) groups is 1. The number of hydrogen-bond donors (Lipinski definition) is 1. The normalized spacial score (nSPS) is 16.4. The maximum absolute atomic E-state index is 12.6. The minimum Gasteiger partial charge on any atom is -0.492 e. The fourth-order valence-electron chi connectivity index (χ4n) is 2.43. The molecule has 1 aliphatic rings. The second-order valence-corrected chi connectivity index (χ2v) is 4.89. The van der Waals surface area contributed by atoms with Crippen molar-refractivity contribution >= 4 is 17.3 Å². The number of nitrogen functional groups attached to an aromatic ring is 1. The highest BCUT2D eigenvalue weighted by Gasteiger charge is 2.32. The van der Waals surface area contributed by atoms with Gasteiger partial charge in [0.2, 0.25) is 5.91 Å². The molecular weight excluding hydrogens is 252 g/mol. The summed E-state index contributed by atoms with van der Waals surface area (Å²) in [5, 5.41) is 0. The van der Waals surface area contributed by atoms with Gasteiger partial charge in [-0.1, -0.05) is 18.2 Å². The van der Waals surface area contributed by atoms with E-state index in [4.69, 9.17) is 10.5 Å². The lowest BCUT2D eigenvalue weighted by Gasteiger charge is -2.20. The molecule has 1 aliphatic heterocycles. The second-order valence-electron chi connectivity index (χ2n) is 4.89. The molecule has 3 rings (SSSR count). The molecule has 1 amide bonds. The van der Waals surface area contributed by atoms with E-state index in [0.717, 1.165) is 17.0 Å². The molecule has 2 N–H and O–H groups in total. The van der Waals surface area contributed by atoms with E-state index in [1.165, 1.54) is 0 Å². The van der Waals surface area contributed by atoms with Crippen LogP contribution in [0.5, 0.6) is 5.75 Å². The van der Waals surface area contributed by atoms with Gasteiger partial charge in [-0.25, -0.2) is 0 Å². The highest BCUT2D eigenvalue weighted by atomic mass is 16.5. The minimum atomic E-state index is -0.242. The first-order chi connectivity index (χ1) is 9.66. The maximum Gasteiger partial charge on any atom is 0.237 e. The Labute approximate surface area is 117 Å². The summed E-state index contributed by atoms with van der Waals surface area (Å²) in [5.41, 5.74) is 8.13. The number of rotatable bonds is 2. The largest absolute Gasteiger partial charge is 0.492 e. The Kier molecular flexibility index (Phi) is 3.06. The summed E-state index contributed by atoms with van der Waals surface area (Å²) in [4.78, 5) is 14.3. The van der Waals surface area contributed by atoms with Crippen molar-refractivity contribution in [3.63, 3.8) is 0 Å². The Bertz CT molecular complexity index is 637. The third-order valence-corrected chi connectivity index (χ3v) is 3.61.